The molecule has 4 nitrogen and oxygen atoms in total. The summed E-state index contributed by atoms with van der Waals surface area (Å²) in [5.74, 6) is -0.132. The van der Waals surface area contributed by atoms with Crippen LogP contribution in [-0.4, -0.2) is 15.9 Å². The number of amides is 1. The maximum absolute atomic E-state index is 12.3. The number of aryl methyl sites for hydroxylation is 4. The Hall–Kier alpha value is -1.79. The third-order valence-corrected chi connectivity index (χ3v) is 5.45. The molecular formula is C15H15N3OS2. The average molecular weight is 317 g/mol. The van der Waals surface area contributed by atoms with E-state index in [4.69, 9.17) is 0 Å². The second-order valence-electron chi connectivity index (χ2n) is 5.00. The molecule has 21 heavy (non-hydrogen) atoms. The van der Waals surface area contributed by atoms with Crippen LogP contribution >= 0.6 is 22.7 Å². The van der Waals surface area contributed by atoms with Gasteiger partial charge in [0.1, 0.15) is 4.88 Å². The molecule has 6 heteroatoms. The molecule has 1 N–H and O–H groups in total. The van der Waals surface area contributed by atoms with Gasteiger partial charge in [0.25, 0.3) is 5.91 Å². The van der Waals surface area contributed by atoms with Gasteiger partial charge in [-0.05, 0) is 38.8 Å². The summed E-state index contributed by atoms with van der Waals surface area (Å²) in [6.45, 7) is 7.84. The van der Waals surface area contributed by atoms with Gasteiger partial charge in [-0.1, -0.05) is 23.5 Å². The monoisotopic (exact) mass is 317 g/mol. The van der Waals surface area contributed by atoms with E-state index < -0.39 is 0 Å². The van der Waals surface area contributed by atoms with E-state index in [9.17, 15) is 4.79 Å². The lowest BCUT2D eigenvalue weighted by Gasteiger charge is -1.98. The summed E-state index contributed by atoms with van der Waals surface area (Å²) >= 11 is 2.92. The zero-order valence-electron chi connectivity index (χ0n) is 12.3. The average Bonchev–Trinajstić information content (AvgIpc) is 2.98. The van der Waals surface area contributed by atoms with Gasteiger partial charge in [0.2, 0.25) is 0 Å². The summed E-state index contributed by atoms with van der Waals surface area (Å²) in [4.78, 5) is 21.8. The molecule has 0 unspecified atom stereocenters. The normalized spacial score (nSPS) is 11.0. The van der Waals surface area contributed by atoms with Gasteiger partial charge >= 0.3 is 0 Å². The molecule has 1 aromatic carbocycles. The molecule has 0 aliphatic heterocycles. The minimum Gasteiger partial charge on any atom is -0.297 e. The summed E-state index contributed by atoms with van der Waals surface area (Å²) in [6, 6.07) is 4.14. The van der Waals surface area contributed by atoms with Crippen molar-refractivity contribution >= 4 is 43.9 Å². The fourth-order valence-corrected chi connectivity index (χ4v) is 4.03. The summed E-state index contributed by atoms with van der Waals surface area (Å²) in [5, 5.41) is 4.43. The quantitative estimate of drug-likeness (QED) is 0.769. The first-order valence-corrected chi connectivity index (χ1v) is 8.21. The van der Waals surface area contributed by atoms with Crippen molar-refractivity contribution in [3.63, 3.8) is 0 Å². The second kappa shape index (κ2) is 5.20. The van der Waals surface area contributed by atoms with Gasteiger partial charge in [0.15, 0.2) is 5.13 Å². The maximum atomic E-state index is 12.3. The van der Waals surface area contributed by atoms with Crippen LogP contribution in [0.1, 0.15) is 31.5 Å². The Morgan fingerprint density at radius 1 is 1.05 bits per heavy atom. The topological polar surface area (TPSA) is 54.9 Å². The second-order valence-corrected chi connectivity index (χ2v) is 7.20. The molecule has 108 valence electrons. The van der Waals surface area contributed by atoms with Crippen LogP contribution in [0, 0.1) is 27.7 Å². The van der Waals surface area contributed by atoms with Gasteiger partial charge in [-0.15, -0.1) is 11.3 Å². The number of hydrogen-bond acceptors (Lipinski definition) is 5. The van der Waals surface area contributed by atoms with E-state index in [1.807, 2.05) is 20.8 Å². The van der Waals surface area contributed by atoms with Crippen molar-refractivity contribution in [1.82, 2.24) is 9.97 Å². The molecule has 2 aromatic heterocycles. The SMILES string of the molecule is Cc1nc(C)c(C(=O)Nc2nc3c(C)ccc(C)c3s2)s1. The standard InChI is InChI=1S/C15H15N3OS2/c1-7-5-6-8(2)12-11(7)17-15(21-12)18-14(19)13-9(3)16-10(4)20-13/h5-6H,1-4H3,(H,17,18,19). The van der Waals surface area contributed by atoms with E-state index in [0.29, 0.717) is 10.0 Å². The first-order chi connectivity index (χ1) is 9.95. The van der Waals surface area contributed by atoms with Crippen LogP contribution in [0.2, 0.25) is 0 Å². The molecule has 0 aliphatic carbocycles. The zero-order chi connectivity index (χ0) is 15.1. The van der Waals surface area contributed by atoms with Crippen LogP contribution in [0.3, 0.4) is 0 Å². The van der Waals surface area contributed by atoms with Gasteiger partial charge in [0, 0.05) is 0 Å². The summed E-state index contributed by atoms with van der Waals surface area (Å²) < 4.78 is 1.13. The highest BCUT2D eigenvalue weighted by Gasteiger charge is 2.16. The van der Waals surface area contributed by atoms with Gasteiger partial charge < -0.3 is 0 Å². The van der Waals surface area contributed by atoms with E-state index >= 15 is 0 Å². The van der Waals surface area contributed by atoms with E-state index in [-0.39, 0.29) is 5.91 Å². The molecule has 0 spiro atoms. The number of anilines is 1. The number of carbonyl (C=O) groups excluding carboxylic acids is 1. The Bertz CT molecular complexity index is 809. The van der Waals surface area contributed by atoms with Crippen LogP contribution in [-0.2, 0) is 0 Å². The zero-order valence-corrected chi connectivity index (χ0v) is 13.9. The number of fused-ring (bicyclic) bond motifs is 1. The molecule has 0 fully saturated rings. The van der Waals surface area contributed by atoms with Crippen molar-refractivity contribution < 1.29 is 4.79 Å². The Labute approximate surface area is 130 Å². The number of aromatic nitrogens is 2. The molecule has 3 aromatic rings. The number of thiazole rings is 2. The third kappa shape index (κ3) is 2.56. The van der Waals surface area contributed by atoms with Gasteiger partial charge in [-0.2, -0.15) is 0 Å². The van der Waals surface area contributed by atoms with E-state index in [0.717, 1.165) is 26.5 Å². The Balaban J connectivity index is 1.95. The maximum Gasteiger partial charge on any atom is 0.269 e. The predicted octanol–water partition coefficient (Wildman–Crippen LogP) is 4.24. The van der Waals surface area contributed by atoms with Crippen LogP contribution in [0.5, 0.6) is 0 Å². The fourth-order valence-electron chi connectivity index (χ4n) is 2.21. The first kappa shape index (κ1) is 14.2. The number of nitrogens with one attached hydrogen (secondary N) is 1. The molecule has 3 rings (SSSR count). The highest BCUT2D eigenvalue weighted by molar-refractivity contribution is 7.22. The Morgan fingerprint density at radius 3 is 2.38 bits per heavy atom. The van der Waals surface area contributed by atoms with Crippen molar-refractivity contribution in [2.75, 3.05) is 5.32 Å². The lowest BCUT2D eigenvalue weighted by Crippen LogP contribution is -2.11. The summed E-state index contributed by atoms with van der Waals surface area (Å²) in [7, 11) is 0. The molecule has 0 saturated heterocycles. The molecule has 0 bridgehead atoms. The van der Waals surface area contributed by atoms with Crippen LogP contribution in [0.25, 0.3) is 10.2 Å². The van der Waals surface area contributed by atoms with Crippen molar-refractivity contribution in [3.8, 4) is 0 Å². The largest absolute Gasteiger partial charge is 0.297 e. The first-order valence-electron chi connectivity index (χ1n) is 6.58. The van der Waals surface area contributed by atoms with E-state index in [1.165, 1.54) is 28.2 Å². The Morgan fingerprint density at radius 2 is 1.76 bits per heavy atom. The molecule has 0 radical (unpaired) electrons. The highest BCUT2D eigenvalue weighted by Crippen LogP contribution is 2.31. The smallest absolute Gasteiger partial charge is 0.269 e. The van der Waals surface area contributed by atoms with Crippen molar-refractivity contribution in [3.05, 3.63) is 38.8 Å². The van der Waals surface area contributed by atoms with Crippen molar-refractivity contribution in [1.29, 1.82) is 0 Å². The highest BCUT2D eigenvalue weighted by atomic mass is 32.1. The minimum absolute atomic E-state index is 0.132. The lowest BCUT2D eigenvalue weighted by molar-refractivity contribution is 0.103. The summed E-state index contributed by atoms with van der Waals surface area (Å²) in [5.41, 5.74) is 4.03. The van der Waals surface area contributed by atoms with Crippen LogP contribution < -0.4 is 5.32 Å². The van der Waals surface area contributed by atoms with E-state index in [1.54, 1.807) is 0 Å². The van der Waals surface area contributed by atoms with Gasteiger partial charge in [-0.3, -0.25) is 10.1 Å². The summed E-state index contributed by atoms with van der Waals surface area (Å²) in [6.07, 6.45) is 0. The van der Waals surface area contributed by atoms with Crippen molar-refractivity contribution in [2.45, 2.75) is 27.7 Å². The predicted molar refractivity (Wildman–Crippen MR) is 88.6 cm³/mol. The Kier molecular flexibility index (Phi) is 3.51. The number of rotatable bonds is 2. The number of carbonyl (C=O) groups is 1. The molecular weight excluding hydrogens is 302 g/mol. The molecule has 0 aliphatic rings. The number of benzene rings is 1. The number of hydrogen-bond donors (Lipinski definition) is 1. The number of nitrogens with zero attached hydrogens (tertiary/aromatic N) is 2. The van der Waals surface area contributed by atoms with Gasteiger partial charge in [-0.25, -0.2) is 9.97 Å². The van der Waals surface area contributed by atoms with E-state index in [2.05, 4.69) is 34.3 Å². The molecule has 0 atom stereocenters. The minimum atomic E-state index is -0.132. The molecule has 0 saturated carbocycles. The van der Waals surface area contributed by atoms with Crippen LogP contribution in [0.15, 0.2) is 12.1 Å². The third-order valence-electron chi connectivity index (χ3n) is 3.27. The van der Waals surface area contributed by atoms with Gasteiger partial charge in [0.05, 0.1) is 20.9 Å². The van der Waals surface area contributed by atoms with Crippen LogP contribution in [0.4, 0.5) is 5.13 Å². The molecule has 1 amide bonds. The lowest BCUT2D eigenvalue weighted by atomic mass is 10.1. The van der Waals surface area contributed by atoms with Crippen molar-refractivity contribution in [2.24, 2.45) is 0 Å². The fraction of sp³-hybridized carbons (Fsp3) is 0.267. The molecule has 2 heterocycles.